The van der Waals surface area contributed by atoms with Gasteiger partial charge in [0.1, 0.15) is 5.60 Å². The number of rotatable bonds is 0. The minimum atomic E-state index is -0.489. The van der Waals surface area contributed by atoms with Gasteiger partial charge in [-0.3, -0.25) is 4.90 Å². The molecule has 0 aliphatic carbocycles. The number of carbonyl (C=O) groups is 1. The number of nitrogens with one attached hydrogen (secondary N) is 1. The number of H-pyrrole nitrogens is 1. The number of hydrogen-bond acceptors (Lipinski definition) is 2. The molecule has 0 spiro atoms. The van der Waals surface area contributed by atoms with Gasteiger partial charge in [-0.15, -0.1) is 0 Å². The lowest BCUT2D eigenvalue weighted by atomic mass is 9.98. The van der Waals surface area contributed by atoms with Crippen molar-refractivity contribution < 1.29 is 9.53 Å². The Labute approximate surface area is 125 Å². The van der Waals surface area contributed by atoms with Gasteiger partial charge in [-0.25, -0.2) is 4.79 Å². The summed E-state index contributed by atoms with van der Waals surface area (Å²) in [6.07, 6.45) is 0.449. The molecule has 1 N–H and O–H groups in total. The zero-order valence-electron chi connectivity index (χ0n) is 12.8. The van der Waals surface area contributed by atoms with Crippen LogP contribution in [0.25, 0.3) is 10.9 Å². The number of carbonyl (C=O) groups excluding carboxylic acids is 1. The summed E-state index contributed by atoms with van der Waals surface area (Å²) in [5.74, 6) is 0. The molecule has 2 heterocycles. The second kappa shape index (κ2) is 4.79. The first-order valence-corrected chi connectivity index (χ1v) is 7.26. The van der Waals surface area contributed by atoms with Crippen LogP contribution >= 0.6 is 0 Å². The zero-order chi connectivity index (χ0) is 15.2. The van der Waals surface area contributed by atoms with Gasteiger partial charge in [0, 0.05) is 22.6 Å². The van der Waals surface area contributed by atoms with Gasteiger partial charge in [0.25, 0.3) is 0 Å². The van der Waals surface area contributed by atoms with Crippen molar-refractivity contribution in [2.75, 3.05) is 0 Å². The van der Waals surface area contributed by atoms with Crippen LogP contribution in [-0.4, -0.2) is 27.6 Å². The van der Waals surface area contributed by atoms with Crippen LogP contribution in [0.15, 0.2) is 24.3 Å². The standard InChI is InChI=1S/C17H21N2O2/c1-11-9-13-12-7-5-6-8-14(12)18-15(13)10-19(11)16(20)21-17(2,3)4/h5-8,11,18H,1,9-10H2,2-4H3/t11-/m0/s1. The number of ether oxygens (including phenoxy) is 1. The molecule has 0 unspecified atom stereocenters. The smallest absolute Gasteiger partial charge is 0.410 e. The van der Waals surface area contributed by atoms with E-state index in [1.54, 1.807) is 4.90 Å². The normalized spacial score (nSPS) is 18.7. The van der Waals surface area contributed by atoms with Crippen LogP contribution in [0.4, 0.5) is 4.79 Å². The van der Waals surface area contributed by atoms with Crippen molar-refractivity contribution in [2.24, 2.45) is 0 Å². The second-order valence-electron chi connectivity index (χ2n) is 6.59. The minimum Gasteiger partial charge on any atom is -0.444 e. The van der Waals surface area contributed by atoms with Crippen LogP contribution in [0.5, 0.6) is 0 Å². The SMILES string of the molecule is [CH2][C@H]1Cc2c([nH]c3ccccc23)CN1C(=O)OC(C)(C)C. The van der Waals surface area contributed by atoms with Crippen molar-refractivity contribution in [2.45, 2.75) is 45.4 Å². The van der Waals surface area contributed by atoms with E-state index in [9.17, 15) is 4.79 Å². The summed E-state index contributed by atoms with van der Waals surface area (Å²) in [5, 5.41) is 1.23. The lowest BCUT2D eigenvalue weighted by molar-refractivity contribution is 0.0160. The molecule has 1 aromatic heterocycles. The summed E-state index contributed by atoms with van der Waals surface area (Å²) in [7, 11) is 0. The van der Waals surface area contributed by atoms with E-state index in [-0.39, 0.29) is 12.1 Å². The van der Waals surface area contributed by atoms with Gasteiger partial charge in [0.05, 0.1) is 6.54 Å². The van der Waals surface area contributed by atoms with Crippen molar-refractivity contribution in [1.29, 1.82) is 0 Å². The fraction of sp³-hybridized carbons (Fsp3) is 0.412. The maximum atomic E-state index is 12.3. The monoisotopic (exact) mass is 285 g/mol. The summed E-state index contributed by atoms with van der Waals surface area (Å²) in [6.45, 7) is 10.3. The van der Waals surface area contributed by atoms with Gasteiger partial charge in [-0.2, -0.15) is 0 Å². The van der Waals surface area contributed by atoms with E-state index in [0.29, 0.717) is 6.54 Å². The summed E-state index contributed by atoms with van der Waals surface area (Å²) in [4.78, 5) is 17.4. The van der Waals surface area contributed by atoms with Gasteiger partial charge >= 0.3 is 6.09 Å². The molecule has 3 rings (SSSR count). The van der Waals surface area contributed by atoms with Crippen LogP contribution in [0.2, 0.25) is 0 Å². The lowest BCUT2D eigenvalue weighted by Gasteiger charge is -2.34. The summed E-state index contributed by atoms with van der Waals surface area (Å²) >= 11 is 0. The Morgan fingerprint density at radius 2 is 2.10 bits per heavy atom. The Bertz CT molecular complexity index is 682. The first-order valence-electron chi connectivity index (χ1n) is 7.26. The summed E-state index contributed by atoms with van der Waals surface area (Å²) in [6, 6.07) is 8.11. The molecule has 1 amide bonds. The van der Waals surface area contributed by atoms with E-state index in [2.05, 4.69) is 24.0 Å². The fourth-order valence-corrected chi connectivity index (χ4v) is 2.80. The molecule has 1 aromatic carbocycles. The molecule has 0 bridgehead atoms. The van der Waals surface area contributed by atoms with Crippen LogP contribution < -0.4 is 0 Å². The molecule has 21 heavy (non-hydrogen) atoms. The summed E-state index contributed by atoms with van der Waals surface area (Å²) < 4.78 is 5.47. The van der Waals surface area contributed by atoms with Gasteiger partial charge in [-0.05, 0) is 45.7 Å². The first kappa shape index (κ1) is 14.0. The average Bonchev–Trinajstić information content (AvgIpc) is 2.73. The predicted molar refractivity (Wildman–Crippen MR) is 82.9 cm³/mol. The number of hydrogen-bond donors (Lipinski definition) is 1. The molecule has 1 atom stereocenters. The lowest BCUT2D eigenvalue weighted by Crippen LogP contribution is -2.45. The van der Waals surface area contributed by atoms with Crippen LogP contribution in [0.3, 0.4) is 0 Å². The number of aromatic amines is 1. The first-order chi connectivity index (χ1) is 9.85. The molecular weight excluding hydrogens is 264 g/mol. The summed E-state index contributed by atoms with van der Waals surface area (Å²) in [5.41, 5.74) is 2.98. The maximum Gasteiger partial charge on any atom is 0.410 e. The van der Waals surface area contributed by atoms with Gasteiger partial charge in [0.2, 0.25) is 0 Å². The molecular formula is C17H21N2O2. The molecule has 4 heteroatoms. The van der Waals surface area contributed by atoms with E-state index in [4.69, 9.17) is 4.74 Å². The number of para-hydroxylation sites is 1. The number of fused-ring (bicyclic) bond motifs is 3. The van der Waals surface area contributed by atoms with Crippen molar-refractivity contribution in [3.8, 4) is 0 Å². The largest absolute Gasteiger partial charge is 0.444 e. The highest BCUT2D eigenvalue weighted by Crippen LogP contribution is 2.30. The molecule has 1 aliphatic rings. The molecule has 111 valence electrons. The molecule has 1 radical (unpaired) electrons. The number of benzene rings is 1. The highest BCUT2D eigenvalue weighted by molar-refractivity contribution is 5.85. The second-order valence-corrected chi connectivity index (χ2v) is 6.59. The van der Waals surface area contributed by atoms with Crippen molar-refractivity contribution in [1.82, 2.24) is 9.88 Å². The molecule has 1 aliphatic heterocycles. The molecule has 4 nitrogen and oxygen atoms in total. The third-order valence-electron chi connectivity index (χ3n) is 3.74. The van der Waals surface area contributed by atoms with E-state index >= 15 is 0 Å². The van der Waals surface area contributed by atoms with E-state index in [1.807, 2.05) is 32.9 Å². The highest BCUT2D eigenvalue weighted by Gasteiger charge is 2.32. The van der Waals surface area contributed by atoms with Crippen molar-refractivity contribution in [3.05, 3.63) is 42.4 Å². The number of nitrogens with zero attached hydrogens (tertiary/aromatic N) is 1. The number of aromatic nitrogens is 1. The van der Waals surface area contributed by atoms with Crippen LogP contribution in [0, 0.1) is 6.92 Å². The quantitative estimate of drug-likeness (QED) is 0.802. The van der Waals surface area contributed by atoms with Gasteiger partial charge < -0.3 is 9.72 Å². The Morgan fingerprint density at radius 1 is 1.38 bits per heavy atom. The van der Waals surface area contributed by atoms with Crippen molar-refractivity contribution in [3.63, 3.8) is 0 Å². The third kappa shape index (κ3) is 2.62. The van der Waals surface area contributed by atoms with Crippen LogP contribution in [0.1, 0.15) is 32.0 Å². The van der Waals surface area contributed by atoms with E-state index < -0.39 is 5.60 Å². The highest BCUT2D eigenvalue weighted by atomic mass is 16.6. The zero-order valence-corrected chi connectivity index (χ0v) is 12.8. The molecule has 0 saturated carbocycles. The Kier molecular flexibility index (Phi) is 3.19. The Balaban J connectivity index is 1.90. The molecule has 2 aromatic rings. The fourth-order valence-electron chi connectivity index (χ4n) is 2.80. The average molecular weight is 285 g/mol. The van der Waals surface area contributed by atoms with Gasteiger partial charge in [-0.1, -0.05) is 18.2 Å². The van der Waals surface area contributed by atoms with Gasteiger partial charge in [0.15, 0.2) is 0 Å². The Morgan fingerprint density at radius 3 is 2.81 bits per heavy atom. The maximum absolute atomic E-state index is 12.3. The van der Waals surface area contributed by atoms with E-state index in [1.165, 1.54) is 10.9 Å². The predicted octanol–water partition coefficient (Wildman–Crippen LogP) is 3.66. The Hall–Kier alpha value is -1.97. The molecule has 0 saturated heterocycles. The number of amides is 1. The topological polar surface area (TPSA) is 45.3 Å². The van der Waals surface area contributed by atoms with Crippen LogP contribution in [-0.2, 0) is 17.7 Å². The van der Waals surface area contributed by atoms with E-state index in [0.717, 1.165) is 17.6 Å². The minimum absolute atomic E-state index is 0.105. The third-order valence-corrected chi connectivity index (χ3v) is 3.74. The molecule has 0 fully saturated rings. The van der Waals surface area contributed by atoms with Crippen molar-refractivity contribution >= 4 is 17.0 Å².